The molecule has 3 aromatic rings. The quantitative estimate of drug-likeness (QED) is 0.549. The number of fused-ring (bicyclic) bond motifs is 1. The summed E-state index contributed by atoms with van der Waals surface area (Å²) in [6.07, 6.45) is 3.00. The first-order valence-electron chi connectivity index (χ1n) is 11.3. The summed E-state index contributed by atoms with van der Waals surface area (Å²) >= 11 is 0. The fraction of sp³-hybridized carbons (Fsp3) is 0.417. The molecule has 1 aliphatic rings. The van der Waals surface area contributed by atoms with Gasteiger partial charge in [0.25, 0.3) is 0 Å². The van der Waals surface area contributed by atoms with Crippen LogP contribution in [-0.4, -0.2) is 41.7 Å². The van der Waals surface area contributed by atoms with Gasteiger partial charge < -0.3 is 10.3 Å². The van der Waals surface area contributed by atoms with Crippen molar-refractivity contribution in [2.45, 2.75) is 50.3 Å². The van der Waals surface area contributed by atoms with Gasteiger partial charge in [0.05, 0.1) is 15.9 Å². The molecule has 7 nitrogen and oxygen atoms in total. The van der Waals surface area contributed by atoms with Crippen LogP contribution in [0.5, 0.6) is 0 Å². The van der Waals surface area contributed by atoms with Crippen LogP contribution in [0, 0.1) is 5.92 Å². The summed E-state index contributed by atoms with van der Waals surface area (Å²) in [5.74, 6) is 1.09. The van der Waals surface area contributed by atoms with Gasteiger partial charge in [0.2, 0.25) is 15.9 Å². The molecule has 2 heterocycles. The Labute approximate surface area is 189 Å². The third-order valence-electron chi connectivity index (χ3n) is 6.36. The van der Waals surface area contributed by atoms with Crippen LogP contribution in [0.25, 0.3) is 11.0 Å². The van der Waals surface area contributed by atoms with Crippen LogP contribution < -0.4 is 5.32 Å². The first-order chi connectivity index (χ1) is 15.4. The maximum Gasteiger partial charge on any atom is 0.243 e. The number of carbonyl (C=O) groups excluding carboxylic acids is 1. The van der Waals surface area contributed by atoms with Gasteiger partial charge in [0.15, 0.2) is 0 Å². The number of aromatic nitrogens is 2. The first-order valence-corrected chi connectivity index (χ1v) is 12.7. The predicted octanol–water partition coefficient (Wildman–Crippen LogP) is 4.51. The van der Waals surface area contributed by atoms with E-state index in [1.54, 1.807) is 28.6 Å². The number of hydrogen-bond donors (Lipinski definition) is 2. The second-order valence-electron chi connectivity index (χ2n) is 8.34. The summed E-state index contributed by atoms with van der Waals surface area (Å²) in [7, 11) is -3.57. The highest BCUT2D eigenvalue weighted by molar-refractivity contribution is 7.89. The van der Waals surface area contributed by atoms with Crippen LogP contribution in [0.3, 0.4) is 0 Å². The highest BCUT2D eigenvalue weighted by Crippen LogP contribution is 2.30. The van der Waals surface area contributed by atoms with Crippen LogP contribution >= 0.6 is 0 Å². The number of nitrogens with one attached hydrogen (secondary N) is 2. The van der Waals surface area contributed by atoms with Gasteiger partial charge in [-0.05, 0) is 62.1 Å². The minimum absolute atomic E-state index is 0.0294. The molecule has 0 atom stereocenters. The number of aromatic amines is 1. The number of anilines is 1. The number of para-hydroxylation sites is 2. The van der Waals surface area contributed by atoms with E-state index in [1.807, 2.05) is 38.1 Å². The Morgan fingerprint density at radius 2 is 1.75 bits per heavy atom. The van der Waals surface area contributed by atoms with E-state index < -0.39 is 10.0 Å². The van der Waals surface area contributed by atoms with Gasteiger partial charge in [-0.2, -0.15) is 4.31 Å². The third-order valence-corrected chi connectivity index (χ3v) is 8.28. The Balaban J connectivity index is 1.40. The minimum Gasteiger partial charge on any atom is -0.342 e. The van der Waals surface area contributed by atoms with E-state index in [-0.39, 0.29) is 22.6 Å². The van der Waals surface area contributed by atoms with Crippen LogP contribution in [0.4, 0.5) is 5.69 Å². The molecule has 0 bridgehead atoms. The Bertz CT molecular complexity index is 1140. The van der Waals surface area contributed by atoms with Crippen molar-refractivity contribution in [1.82, 2.24) is 14.3 Å². The van der Waals surface area contributed by atoms with Gasteiger partial charge >= 0.3 is 0 Å². The van der Waals surface area contributed by atoms with Crippen LogP contribution in [0.1, 0.15) is 51.3 Å². The van der Waals surface area contributed by atoms with Gasteiger partial charge in [-0.3, -0.25) is 4.79 Å². The number of amides is 1. The summed E-state index contributed by atoms with van der Waals surface area (Å²) in [5.41, 5.74) is 2.56. The van der Waals surface area contributed by atoms with E-state index in [0.717, 1.165) is 42.5 Å². The largest absolute Gasteiger partial charge is 0.342 e. The number of hydrogen-bond acceptors (Lipinski definition) is 4. The molecular formula is C24H30N4O3S. The van der Waals surface area contributed by atoms with Gasteiger partial charge in [-0.1, -0.05) is 26.0 Å². The van der Waals surface area contributed by atoms with Crippen molar-refractivity contribution in [3.8, 4) is 0 Å². The van der Waals surface area contributed by atoms with Crippen molar-refractivity contribution in [1.29, 1.82) is 0 Å². The summed E-state index contributed by atoms with van der Waals surface area (Å²) < 4.78 is 27.8. The third kappa shape index (κ3) is 4.56. The molecule has 0 aliphatic carbocycles. The van der Waals surface area contributed by atoms with Crippen molar-refractivity contribution in [2.24, 2.45) is 5.92 Å². The maximum absolute atomic E-state index is 13.1. The lowest BCUT2D eigenvalue weighted by molar-refractivity contribution is -0.120. The number of H-pyrrole nitrogens is 1. The Kier molecular flexibility index (Phi) is 6.62. The molecule has 0 unspecified atom stereocenters. The number of rotatable bonds is 7. The monoisotopic (exact) mass is 454 g/mol. The predicted molar refractivity (Wildman–Crippen MR) is 126 cm³/mol. The molecule has 8 heteroatoms. The van der Waals surface area contributed by atoms with Crippen LogP contribution in [0.2, 0.25) is 0 Å². The van der Waals surface area contributed by atoms with E-state index in [2.05, 4.69) is 15.3 Å². The van der Waals surface area contributed by atoms with Crippen molar-refractivity contribution < 1.29 is 13.2 Å². The average molecular weight is 455 g/mol. The molecule has 2 N–H and O–H groups in total. The van der Waals surface area contributed by atoms with Crippen LogP contribution in [0.15, 0.2) is 53.4 Å². The summed E-state index contributed by atoms with van der Waals surface area (Å²) in [5, 5.41) is 2.88. The molecule has 1 aromatic heterocycles. The van der Waals surface area contributed by atoms with Crippen molar-refractivity contribution >= 4 is 32.7 Å². The molecule has 1 saturated heterocycles. The molecule has 0 saturated carbocycles. The SMILES string of the molecule is CCC(CC)C(=O)Nc1ccc(S(=O)(=O)N2CCC(c3nc4ccccc4[nH]3)CC2)cc1. The van der Waals surface area contributed by atoms with Crippen molar-refractivity contribution in [2.75, 3.05) is 18.4 Å². The zero-order valence-corrected chi connectivity index (χ0v) is 19.4. The smallest absolute Gasteiger partial charge is 0.243 e. The molecule has 1 amide bonds. The van der Waals surface area contributed by atoms with Crippen molar-refractivity contribution in [3.05, 3.63) is 54.4 Å². The summed E-state index contributed by atoms with van der Waals surface area (Å²) in [4.78, 5) is 20.6. The lowest BCUT2D eigenvalue weighted by Crippen LogP contribution is -2.38. The topological polar surface area (TPSA) is 95.2 Å². The highest BCUT2D eigenvalue weighted by Gasteiger charge is 2.31. The number of nitrogens with zero attached hydrogens (tertiary/aromatic N) is 2. The number of carbonyl (C=O) groups is 1. The van der Waals surface area contributed by atoms with Gasteiger partial charge in [-0.25, -0.2) is 13.4 Å². The molecule has 0 radical (unpaired) electrons. The maximum atomic E-state index is 13.1. The number of sulfonamides is 1. The second kappa shape index (κ2) is 9.42. The zero-order chi connectivity index (χ0) is 22.7. The van der Waals surface area contributed by atoms with E-state index in [9.17, 15) is 13.2 Å². The fourth-order valence-electron chi connectivity index (χ4n) is 4.30. The summed E-state index contributed by atoms with van der Waals surface area (Å²) in [6.45, 7) is 4.88. The average Bonchev–Trinajstić information content (AvgIpc) is 3.25. The van der Waals surface area contributed by atoms with Gasteiger partial charge in [0, 0.05) is 30.6 Å². The zero-order valence-electron chi connectivity index (χ0n) is 18.5. The van der Waals surface area contributed by atoms with Crippen molar-refractivity contribution in [3.63, 3.8) is 0 Å². The first kappa shape index (κ1) is 22.5. The van der Waals surface area contributed by atoms with Crippen LogP contribution in [-0.2, 0) is 14.8 Å². The lowest BCUT2D eigenvalue weighted by Gasteiger charge is -2.30. The second-order valence-corrected chi connectivity index (χ2v) is 10.3. The normalized spacial score (nSPS) is 16.0. The van der Waals surface area contributed by atoms with E-state index in [0.29, 0.717) is 18.8 Å². The lowest BCUT2D eigenvalue weighted by atomic mass is 9.97. The minimum atomic E-state index is -3.57. The number of piperidine rings is 1. The Hall–Kier alpha value is -2.71. The standard InChI is InChI=1S/C24H30N4O3S/c1-3-17(4-2)24(29)25-19-9-11-20(12-10-19)32(30,31)28-15-13-18(14-16-28)23-26-21-7-5-6-8-22(21)27-23/h5-12,17-18H,3-4,13-16H2,1-2H3,(H,25,29)(H,26,27). The molecule has 1 aliphatic heterocycles. The van der Waals surface area contributed by atoms with Gasteiger partial charge in [-0.15, -0.1) is 0 Å². The molecule has 32 heavy (non-hydrogen) atoms. The van der Waals surface area contributed by atoms with E-state index >= 15 is 0 Å². The number of imidazole rings is 1. The molecule has 4 rings (SSSR count). The Morgan fingerprint density at radius 3 is 2.38 bits per heavy atom. The van der Waals surface area contributed by atoms with E-state index in [4.69, 9.17) is 0 Å². The van der Waals surface area contributed by atoms with E-state index in [1.165, 1.54) is 0 Å². The van der Waals surface area contributed by atoms with Gasteiger partial charge in [0.1, 0.15) is 5.82 Å². The number of benzene rings is 2. The molecule has 0 spiro atoms. The molecular weight excluding hydrogens is 424 g/mol. The molecule has 2 aromatic carbocycles. The summed E-state index contributed by atoms with van der Waals surface area (Å²) in [6, 6.07) is 14.4. The fourth-order valence-corrected chi connectivity index (χ4v) is 5.77. The molecule has 1 fully saturated rings. The highest BCUT2D eigenvalue weighted by atomic mass is 32.2. The molecule has 170 valence electrons. The Morgan fingerprint density at radius 1 is 1.09 bits per heavy atom.